The van der Waals surface area contributed by atoms with Crippen LogP contribution in [0.25, 0.3) is 0 Å². The van der Waals surface area contributed by atoms with Gasteiger partial charge in [0.2, 0.25) is 5.91 Å². The largest absolute Gasteiger partial charge is 0.307 e. The minimum atomic E-state index is -0.416. The van der Waals surface area contributed by atoms with Crippen molar-refractivity contribution in [2.45, 2.75) is 37.8 Å². The van der Waals surface area contributed by atoms with Gasteiger partial charge in [-0.2, -0.15) is 0 Å². The molecule has 2 aromatic rings. The smallest absolute Gasteiger partial charge is 0.240 e. The number of benzene rings is 2. The van der Waals surface area contributed by atoms with Gasteiger partial charge in [-0.25, -0.2) is 0 Å². The zero-order chi connectivity index (χ0) is 18.4. The predicted octanol–water partition coefficient (Wildman–Crippen LogP) is 4.14. The fourth-order valence-corrected chi connectivity index (χ4v) is 5.30. The Morgan fingerprint density at radius 3 is 2.63 bits per heavy atom. The third kappa shape index (κ3) is 2.41. The Balaban J connectivity index is 1.57. The molecule has 3 aliphatic rings. The summed E-state index contributed by atoms with van der Waals surface area (Å²) >= 11 is 0. The minimum absolute atomic E-state index is 0.190. The van der Waals surface area contributed by atoms with E-state index in [1.807, 2.05) is 23.1 Å². The van der Waals surface area contributed by atoms with Crippen LogP contribution in [0, 0.1) is 5.92 Å². The summed E-state index contributed by atoms with van der Waals surface area (Å²) < 4.78 is 0. The Labute approximate surface area is 161 Å². The van der Waals surface area contributed by atoms with Crippen LogP contribution in [0.5, 0.6) is 0 Å². The van der Waals surface area contributed by atoms with E-state index in [1.165, 1.54) is 11.1 Å². The first kappa shape index (κ1) is 16.8. The molecule has 0 aliphatic carbocycles. The molecular weight excluding hydrogens is 332 g/mol. The lowest BCUT2D eigenvalue weighted by Gasteiger charge is -2.37. The fraction of sp³-hybridized carbons (Fsp3) is 0.375. The van der Waals surface area contributed by atoms with Gasteiger partial charge >= 0.3 is 0 Å². The van der Waals surface area contributed by atoms with Crippen LogP contribution in [-0.2, 0) is 16.8 Å². The maximum atomic E-state index is 13.9. The van der Waals surface area contributed by atoms with Crippen molar-refractivity contribution in [3.8, 4) is 0 Å². The van der Waals surface area contributed by atoms with E-state index >= 15 is 0 Å². The van der Waals surface area contributed by atoms with Gasteiger partial charge in [-0.1, -0.05) is 67.6 Å². The van der Waals surface area contributed by atoms with Crippen LogP contribution in [0.4, 0.5) is 5.69 Å². The monoisotopic (exact) mass is 358 g/mol. The average Bonchev–Trinajstić information content (AvgIpc) is 3.21. The number of hydrogen-bond donors (Lipinski definition) is 0. The van der Waals surface area contributed by atoms with Gasteiger partial charge in [-0.3, -0.25) is 9.69 Å². The zero-order valence-electron chi connectivity index (χ0n) is 15.8. The van der Waals surface area contributed by atoms with Crippen molar-refractivity contribution in [3.05, 3.63) is 77.9 Å². The third-order valence-corrected chi connectivity index (χ3v) is 6.74. The second-order valence-corrected chi connectivity index (χ2v) is 8.11. The number of anilines is 1. The summed E-state index contributed by atoms with van der Waals surface area (Å²) in [7, 11) is 0. The first-order valence-corrected chi connectivity index (χ1v) is 10.1. The number of amides is 1. The maximum absolute atomic E-state index is 13.9. The van der Waals surface area contributed by atoms with Crippen LogP contribution >= 0.6 is 0 Å². The molecule has 1 saturated heterocycles. The first-order chi connectivity index (χ1) is 13.2. The molecule has 3 heterocycles. The lowest BCUT2D eigenvalue weighted by Crippen LogP contribution is -2.50. The van der Waals surface area contributed by atoms with Crippen LogP contribution in [0.2, 0.25) is 0 Å². The topological polar surface area (TPSA) is 23.6 Å². The summed E-state index contributed by atoms with van der Waals surface area (Å²) in [4.78, 5) is 18.4. The van der Waals surface area contributed by atoms with E-state index in [9.17, 15) is 4.79 Å². The maximum Gasteiger partial charge on any atom is 0.240 e. The molecule has 0 radical (unpaired) electrons. The van der Waals surface area contributed by atoms with E-state index < -0.39 is 5.41 Å². The zero-order valence-corrected chi connectivity index (χ0v) is 15.8. The molecule has 3 atom stereocenters. The molecule has 0 N–H and O–H groups in total. The molecule has 138 valence electrons. The highest BCUT2D eigenvalue weighted by Gasteiger charge is 2.59. The first-order valence-electron chi connectivity index (χ1n) is 10.1. The molecule has 2 aromatic carbocycles. The van der Waals surface area contributed by atoms with E-state index in [0.29, 0.717) is 12.5 Å². The SMILES string of the molecule is CCC1C=C[C@@H]2N(CC[C@]23C(=O)N(Cc2ccccc2)c2ccccc23)C1. The molecule has 3 aliphatic heterocycles. The van der Waals surface area contributed by atoms with Crippen molar-refractivity contribution < 1.29 is 4.79 Å². The molecular formula is C24H26N2O. The summed E-state index contributed by atoms with van der Waals surface area (Å²) in [5.41, 5.74) is 3.08. The summed E-state index contributed by atoms with van der Waals surface area (Å²) in [5, 5.41) is 0. The summed E-state index contributed by atoms with van der Waals surface area (Å²) in [6.45, 7) is 4.98. The van der Waals surface area contributed by atoms with Crippen molar-refractivity contribution >= 4 is 11.6 Å². The predicted molar refractivity (Wildman–Crippen MR) is 109 cm³/mol. The molecule has 1 unspecified atom stereocenters. The van der Waals surface area contributed by atoms with Crippen molar-refractivity contribution in [1.29, 1.82) is 0 Å². The Hall–Kier alpha value is -2.39. The summed E-state index contributed by atoms with van der Waals surface area (Å²) in [6.07, 6.45) is 6.76. The van der Waals surface area contributed by atoms with Gasteiger partial charge in [0, 0.05) is 24.8 Å². The highest BCUT2D eigenvalue weighted by molar-refractivity contribution is 6.09. The molecule has 5 rings (SSSR count). The quantitative estimate of drug-likeness (QED) is 0.770. The molecule has 3 heteroatoms. The van der Waals surface area contributed by atoms with Gasteiger partial charge in [-0.05, 0) is 36.0 Å². The van der Waals surface area contributed by atoms with Gasteiger partial charge in [0.15, 0.2) is 0 Å². The number of fused-ring (bicyclic) bond motifs is 4. The van der Waals surface area contributed by atoms with Crippen LogP contribution in [0.15, 0.2) is 66.7 Å². The Kier molecular flexibility index (Phi) is 3.94. The standard InChI is InChI=1S/C24H26N2O/c1-2-18-12-13-22-24(14-15-25(22)16-18)20-10-6-7-11-21(20)26(23(24)27)17-19-8-4-3-5-9-19/h3-13,18,22H,2,14-17H2,1H3/t18?,22-,24+/m0/s1. The van der Waals surface area contributed by atoms with Crippen molar-refractivity contribution in [2.75, 3.05) is 18.0 Å². The Morgan fingerprint density at radius 1 is 1.04 bits per heavy atom. The number of nitrogens with zero attached hydrogens (tertiary/aromatic N) is 2. The number of para-hydroxylation sites is 1. The summed E-state index contributed by atoms with van der Waals surface area (Å²) in [5.74, 6) is 0.892. The summed E-state index contributed by atoms with van der Waals surface area (Å²) in [6, 6.07) is 19.0. The van der Waals surface area contributed by atoms with Crippen molar-refractivity contribution in [2.24, 2.45) is 5.92 Å². The van der Waals surface area contributed by atoms with Crippen molar-refractivity contribution in [3.63, 3.8) is 0 Å². The van der Waals surface area contributed by atoms with Gasteiger partial charge in [0.25, 0.3) is 0 Å². The molecule has 3 nitrogen and oxygen atoms in total. The molecule has 1 fully saturated rings. The second-order valence-electron chi connectivity index (χ2n) is 8.11. The number of hydrogen-bond acceptors (Lipinski definition) is 2. The van der Waals surface area contributed by atoms with Crippen LogP contribution in [0.1, 0.15) is 30.9 Å². The van der Waals surface area contributed by atoms with Gasteiger partial charge in [-0.15, -0.1) is 0 Å². The van der Waals surface area contributed by atoms with Gasteiger partial charge < -0.3 is 4.90 Å². The van der Waals surface area contributed by atoms with E-state index in [1.54, 1.807) is 0 Å². The van der Waals surface area contributed by atoms with Crippen LogP contribution < -0.4 is 4.90 Å². The lowest BCUT2D eigenvalue weighted by atomic mass is 9.74. The van der Waals surface area contributed by atoms with Crippen LogP contribution in [0.3, 0.4) is 0 Å². The second kappa shape index (κ2) is 6.35. The molecule has 27 heavy (non-hydrogen) atoms. The Bertz CT molecular complexity index is 890. The van der Waals surface area contributed by atoms with Gasteiger partial charge in [0.1, 0.15) is 0 Å². The fourth-order valence-electron chi connectivity index (χ4n) is 5.30. The number of carbonyl (C=O) groups excluding carboxylic acids is 1. The highest BCUT2D eigenvalue weighted by Crippen LogP contribution is 2.52. The Morgan fingerprint density at radius 2 is 1.81 bits per heavy atom. The van der Waals surface area contributed by atoms with Crippen molar-refractivity contribution in [1.82, 2.24) is 4.90 Å². The minimum Gasteiger partial charge on any atom is -0.307 e. The van der Waals surface area contributed by atoms with E-state index in [-0.39, 0.29) is 11.9 Å². The van der Waals surface area contributed by atoms with E-state index in [0.717, 1.165) is 31.6 Å². The van der Waals surface area contributed by atoms with Crippen LogP contribution in [-0.4, -0.2) is 29.9 Å². The average molecular weight is 358 g/mol. The molecule has 1 spiro atoms. The molecule has 0 saturated carbocycles. The molecule has 0 bridgehead atoms. The van der Waals surface area contributed by atoms with E-state index in [2.05, 4.69) is 60.4 Å². The van der Waals surface area contributed by atoms with E-state index in [4.69, 9.17) is 0 Å². The molecule has 1 amide bonds. The third-order valence-electron chi connectivity index (χ3n) is 6.74. The number of rotatable bonds is 3. The molecule has 0 aromatic heterocycles. The lowest BCUT2D eigenvalue weighted by molar-refractivity contribution is -0.123. The highest BCUT2D eigenvalue weighted by atomic mass is 16.2. The van der Waals surface area contributed by atoms with Gasteiger partial charge in [0.05, 0.1) is 12.0 Å². The number of carbonyl (C=O) groups is 1. The normalized spacial score (nSPS) is 29.4.